The summed E-state index contributed by atoms with van der Waals surface area (Å²) in [4.78, 5) is 11.1. The largest absolute Gasteiger partial charge is 0.325 e. The molecule has 1 saturated heterocycles. The van der Waals surface area contributed by atoms with Crippen LogP contribution in [0.4, 0.5) is 0 Å². The molecule has 2 heterocycles. The lowest BCUT2D eigenvalue weighted by molar-refractivity contribution is 0.410. The van der Waals surface area contributed by atoms with Crippen molar-refractivity contribution in [2.75, 3.05) is 20.1 Å². The van der Waals surface area contributed by atoms with E-state index in [4.69, 9.17) is 5.73 Å². The highest BCUT2D eigenvalue weighted by atomic mass is 15.1. The second-order valence-electron chi connectivity index (χ2n) is 4.28. The smallest absolute Gasteiger partial charge is 0.125 e. The van der Waals surface area contributed by atoms with Crippen LogP contribution in [0.3, 0.4) is 0 Å². The predicted molar refractivity (Wildman–Crippen MR) is 59.5 cm³/mol. The standard InChI is InChI=1S/C11H18N4/c1-8-13-10(6-12)5-11(14-8)9-3-4-15(2)7-9/h5,9H,3-4,6-7,12H2,1-2H3. The fraction of sp³-hybridized carbons (Fsp3) is 0.636. The third kappa shape index (κ3) is 2.33. The van der Waals surface area contributed by atoms with Crippen LogP contribution in [-0.2, 0) is 6.54 Å². The molecule has 0 amide bonds. The molecule has 4 heteroatoms. The fourth-order valence-electron chi connectivity index (χ4n) is 2.15. The molecule has 1 aromatic rings. The highest BCUT2D eigenvalue weighted by Gasteiger charge is 2.22. The molecule has 4 nitrogen and oxygen atoms in total. The molecule has 1 atom stereocenters. The van der Waals surface area contributed by atoms with Gasteiger partial charge in [-0.25, -0.2) is 9.97 Å². The van der Waals surface area contributed by atoms with Crippen molar-refractivity contribution in [3.63, 3.8) is 0 Å². The first kappa shape index (κ1) is 10.5. The number of rotatable bonds is 2. The van der Waals surface area contributed by atoms with Crippen molar-refractivity contribution in [3.05, 3.63) is 23.3 Å². The van der Waals surface area contributed by atoms with E-state index in [1.54, 1.807) is 0 Å². The first-order chi connectivity index (χ1) is 7.19. The minimum Gasteiger partial charge on any atom is -0.325 e. The van der Waals surface area contributed by atoms with Crippen molar-refractivity contribution in [2.45, 2.75) is 25.8 Å². The van der Waals surface area contributed by atoms with Gasteiger partial charge in [-0.15, -0.1) is 0 Å². The van der Waals surface area contributed by atoms with E-state index in [1.807, 2.05) is 6.92 Å². The third-order valence-electron chi connectivity index (χ3n) is 2.93. The van der Waals surface area contributed by atoms with E-state index in [0.29, 0.717) is 12.5 Å². The molecule has 2 N–H and O–H groups in total. The summed E-state index contributed by atoms with van der Waals surface area (Å²) in [7, 11) is 2.15. The highest BCUT2D eigenvalue weighted by molar-refractivity contribution is 5.16. The SMILES string of the molecule is Cc1nc(CN)cc(C2CCN(C)C2)n1. The Morgan fingerprint density at radius 3 is 2.93 bits per heavy atom. The van der Waals surface area contributed by atoms with E-state index in [0.717, 1.165) is 30.3 Å². The Morgan fingerprint density at radius 1 is 1.53 bits per heavy atom. The molecular formula is C11H18N4. The zero-order valence-corrected chi connectivity index (χ0v) is 9.40. The molecular weight excluding hydrogens is 188 g/mol. The van der Waals surface area contributed by atoms with Crippen molar-refractivity contribution in [2.24, 2.45) is 5.73 Å². The lowest BCUT2D eigenvalue weighted by Crippen LogP contribution is -2.14. The Bertz CT molecular complexity index is 350. The van der Waals surface area contributed by atoms with E-state index in [1.165, 1.54) is 6.42 Å². The summed E-state index contributed by atoms with van der Waals surface area (Å²) in [6.07, 6.45) is 1.19. The lowest BCUT2D eigenvalue weighted by atomic mass is 10.0. The Labute approximate surface area is 90.5 Å². The number of nitrogens with zero attached hydrogens (tertiary/aromatic N) is 3. The number of hydrogen-bond acceptors (Lipinski definition) is 4. The average Bonchev–Trinajstić information content (AvgIpc) is 2.64. The van der Waals surface area contributed by atoms with Gasteiger partial charge in [0.25, 0.3) is 0 Å². The molecule has 1 fully saturated rings. The Hall–Kier alpha value is -1.00. The molecule has 1 aliphatic heterocycles. The first-order valence-electron chi connectivity index (χ1n) is 5.42. The van der Waals surface area contributed by atoms with Gasteiger partial charge in [0.2, 0.25) is 0 Å². The van der Waals surface area contributed by atoms with Gasteiger partial charge in [-0.05, 0) is 33.0 Å². The molecule has 0 bridgehead atoms. The summed E-state index contributed by atoms with van der Waals surface area (Å²) in [6, 6.07) is 2.05. The van der Waals surface area contributed by atoms with E-state index in [2.05, 4.69) is 28.0 Å². The zero-order chi connectivity index (χ0) is 10.8. The highest BCUT2D eigenvalue weighted by Crippen LogP contribution is 2.24. The summed E-state index contributed by atoms with van der Waals surface area (Å²) in [5.74, 6) is 1.39. The van der Waals surface area contributed by atoms with E-state index in [9.17, 15) is 0 Å². The van der Waals surface area contributed by atoms with Crippen LogP contribution >= 0.6 is 0 Å². The molecule has 1 aliphatic rings. The van der Waals surface area contributed by atoms with Crippen LogP contribution in [-0.4, -0.2) is 35.0 Å². The van der Waals surface area contributed by atoms with Crippen LogP contribution < -0.4 is 5.73 Å². The van der Waals surface area contributed by atoms with Gasteiger partial charge in [0.15, 0.2) is 0 Å². The minimum atomic E-state index is 0.499. The number of hydrogen-bond donors (Lipinski definition) is 1. The third-order valence-corrected chi connectivity index (χ3v) is 2.93. The van der Waals surface area contributed by atoms with Gasteiger partial charge in [0.1, 0.15) is 5.82 Å². The van der Waals surface area contributed by atoms with Crippen molar-refractivity contribution in [3.8, 4) is 0 Å². The summed E-state index contributed by atoms with van der Waals surface area (Å²) in [6.45, 7) is 4.69. The maximum atomic E-state index is 5.61. The Morgan fingerprint density at radius 2 is 2.33 bits per heavy atom. The molecule has 82 valence electrons. The second-order valence-corrected chi connectivity index (χ2v) is 4.28. The molecule has 0 spiro atoms. The molecule has 1 aromatic heterocycles. The number of nitrogens with two attached hydrogens (primary N) is 1. The van der Waals surface area contributed by atoms with Gasteiger partial charge < -0.3 is 10.6 Å². The van der Waals surface area contributed by atoms with Crippen molar-refractivity contribution >= 4 is 0 Å². The Balaban J connectivity index is 2.24. The van der Waals surface area contributed by atoms with E-state index >= 15 is 0 Å². The first-order valence-corrected chi connectivity index (χ1v) is 5.42. The minimum absolute atomic E-state index is 0.499. The van der Waals surface area contributed by atoms with Crippen LogP contribution in [0.2, 0.25) is 0 Å². The number of aromatic nitrogens is 2. The van der Waals surface area contributed by atoms with Crippen LogP contribution in [0.25, 0.3) is 0 Å². The number of aryl methyl sites for hydroxylation is 1. The van der Waals surface area contributed by atoms with Gasteiger partial charge in [-0.1, -0.05) is 0 Å². The van der Waals surface area contributed by atoms with Crippen LogP contribution in [0.1, 0.15) is 29.6 Å². The average molecular weight is 206 g/mol. The molecule has 0 saturated carbocycles. The van der Waals surface area contributed by atoms with Crippen LogP contribution in [0, 0.1) is 6.92 Å². The molecule has 0 aliphatic carbocycles. The summed E-state index contributed by atoms with van der Waals surface area (Å²) < 4.78 is 0. The molecule has 2 rings (SSSR count). The second kappa shape index (κ2) is 4.24. The van der Waals surface area contributed by atoms with Gasteiger partial charge in [-0.2, -0.15) is 0 Å². The maximum Gasteiger partial charge on any atom is 0.125 e. The Kier molecular flexibility index (Phi) is 2.98. The topological polar surface area (TPSA) is 55.0 Å². The summed E-state index contributed by atoms with van der Waals surface area (Å²) in [5.41, 5.74) is 7.72. The van der Waals surface area contributed by atoms with E-state index < -0.39 is 0 Å². The zero-order valence-electron chi connectivity index (χ0n) is 9.40. The normalized spacial score (nSPS) is 22.2. The number of likely N-dealkylation sites (N-methyl/N-ethyl adjacent to an activating group) is 1. The monoisotopic (exact) mass is 206 g/mol. The van der Waals surface area contributed by atoms with Gasteiger partial charge in [0, 0.05) is 24.7 Å². The van der Waals surface area contributed by atoms with Crippen molar-refractivity contribution < 1.29 is 0 Å². The lowest BCUT2D eigenvalue weighted by Gasteiger charge is -2.11. The summed E-state index contributed by atoms with van der Waals surface area (Å²) in [5, 5.41) is 0. The van der Waals surface area contributed by atoms with Crippen LogP contribution in [0.15, 0.2) is 6.07 Å². The van der Waals surface area contributed by atoms with Gasteiger partial charge in [-0.3, -0.25) is 0 Å². The van der Waals surface area contributed by atoms with Crippen LogP contribution in [0.5, 0.6) is 0 Å². The molecule has 15 heavy (non-hydrogen) atoms. The number of likely N-dealkylation sites (tertiary alicyclic amines) is 1. The van der Waals surface area contributed by atoms with Crippen molar-refractivity contribution in [1.29, 1.82) is 0 Å². The molecule has 0 aromatic carbocycles. The maximum absolute atomic E-state index is 5.61. The summed E-state index contributed by atoms with van der Waals surface area (Å²) >= 11 is 0. The van der Waals surface area contributed by atoms with Crippen molar-refractivity contribution in [1.82, 2.24) is 14.9 Å². The quantitative estimate of drug-likeness (QED) is 0.772. The van der Waals surface area contributed by atoms with Gasteiger partial charge >= 0.3 is 0 Å². The van der Waals surface area contributed by atoms with E-state index in [-0.39, 0.29) is 0 Å². The molecule has 0 radical (unpaired) electrons. The van der Waals surface area contributed by atoms with Gasteiger partial charge in [0.05, 0.1) is 5.69 Å². The fourth-order valence-corrected chi connectivity index (χ4v) is 2.15. The predicted octanol–water partition coefficient (Wildman–Crippen LogP) is 0.663. The molecule has 1 unspecified atom stereocenters.